The first-order valence-electron chi connectivity index (χ1n) is 4.94. The molecule has 0 saturated heterocycles. The van der Waals surface area contributed by atoms with E-state index in [-0.39, 0.29) is 0 Å². The number of rotatable bonds is 3. The summed E-state index contributed by atoms with van der Waals surface area (Å²) in [5.41, 5.74) is 1.23. The molecular weight excluding hydrogens is 190 g/mol. The molecule has 4 heteroatoms. The average molecular weight is 204 g/mol. The van der Waals surface area contributed by atoms with Crippen molar-refractivity contribution >= 4 is 0 Å². The first-order chi connectivity index (χ1) is 7.35. The molecule has 2 aromatic heterocycles. The second-order valence-corrected chi connectivity index (χ2v) is 3.21. The summed E-state index contributed by atoms with van der Waals surface area (Å²) in [4.78, 5) is 5.27. The standard InChI is InChI=1S/C11H14N3O/c1-3-10-5-6-11(14(9-10)15-2)13-8-4-7-12-13/h4-9H,3H2,1-2H3/q+1. The molecule has 0 N–H and O–H groups in total. The van der Waals surface area contributed by atoms with Gasteiger partial charge in [-0.3, -0.25) is 0 Å². The fraction of sp³-hybridized carbons (Fsp3) is 0.273. The van der Waals surface area contributed by atoms with Gasteiger partial charge in [-0.25, -0.2) is 0 Å². The summed E-state index contributed by atoms with van der Waals surface area (Å²) in [6, 6.07) is 5.95. The first kappa shape index (κ1) is 9.71. The molecule has 2 aromatic rings. The predicted molar refractivity (Wildman–Crippen MR) is 55.6 cm³/mol. The van der Waals surface area contributed by atoms with Crippen molar-refractivity contribution in [1.82, 2.24) is 9.78 Å². The first-order valence-corrected chi connectivity index (χ1v) is 4.94. The van der Waals surface area contributed by atoms with Crippen molar-refractivity contribution in [2.24, 2.45) is 0 Å². The van der Waals surface area contributed by atoms with Gasteiger partial charge < -0.3 is 4.84 Å². The van der Waals surface area contributed by atoms with Crippen LogP contribution < -0.4 is 9.57 Å². The van der Waals surface area contributed by atoms with E-state index >= 15 is 0 Å². The highest BCUT2D eigenvalue weighted by atomic mass is 16.6. The van der Waals surface area contributed by atoms with Crippen LogP contribution in [0.1, 0.15) is 12.5 Å². The lowest BCUT2D eigenvalue weighted by Gasteiger charge is -2.03. The molecular formula is C11H14N3O+. The maximum atomic E-state index is 5.27. The van der Waals surface area contributed by atoms with E-state index in [1.807, 2.05) is 24.5 Å². The van der Waals surface area contributed by atoms with Crippen LogP contribution in [0.25, 0.3) is 5.82 Å². The molecule has 0 aliphatic rings. The minimum Gasteiger partial charge on any atom is -0.339 e. The summed E-state index contributed by atoms with van der Waals surface area (Å²) in [7, 11) is 1.65. The molecule has 0 aliphatic carbocycles. The van der Waals surface area contributed by atoms with Gasteiger partial charge in [-0.1, -0.05) is 12.0 Å². The summed E-state index contributed by atoms with van der Waals surface area (Å²) < 4.78 is 3.48. The van der Waals surface area contributed by atoms with Gasteiger partial charge in [-0.15, -0.1) is 4.68 Å². The molecule has 0 spiro atoms. The molecule has 78 valence electrons. The van der Waals surface area contributed by atoms with Crippen molar-refractivity contribution in [1.29, 1.82) is 0 Å². The monoisotopic (exact) mass is 204 g/mol. The largest absolute Gasteiger partial charge is 0.345 e. The Hall–Kier alpha value is -1.84. The minimum atomic E-state index is 0.889. The van der Waals surface area contributed by atoms with Crippen LogP contribution in [0, 0.1) is 0 Å². The summed E-state index contributed by atoms with van der Waals surface area (Å²) in [5.74, 6) is 0.889. The highest BCUT2D eigenvalue weighted by molar-refractivity contribution is 5.18. The average Bonchev–Trinajstić information content (AvgIpc) is 2.81. The molecule has 2 heterocycles. The molecule has 4 nitrogen and oxygen atoms in total. The Morgan fingerprint density at radius 2 is 2.33 bits per heavy atom. The molecule has 15 heavy (non-hydrogen) atoms. The van der Waals surface area contributed by atoms with Gasteiger partial charge >= 0.3 is 5.82 Å². The third kappa shape index (κ3) is 1.83. The van der Waals surface area contributed by atoms with Gasteiger partial charge in [-0.2, -0.15) is 0 Å². The lowest BCUT2D eigenvalue weighted by atomic mass is 10.2. The van der Waals surface area contributed by atoms with Crippen molar-refractivity contribution in [2.45, 2.75) is 13.3 Å². The SMILES string of the molecule is CCc1ccc(-n2cccn2)[n+](OC)c1. The van der Waals surface area contributed by atoms with E-state index in [0.717, 1.165) is 12.2 Å². The van der Waals surface area contributed by atoms with E-state index in [1.165, 1.54) is 5.56 Å². The zero-order chi connectivity index (χ0) is 10.7. The van der Waals surface area contributed by atoms with E-state index in [9.17, 15) is 0 Å². The zero-order valence-electron chi connectivity index (χ0n) is 8.92. The van der Waals surface area contributed by atoms with Crippen molar-refractivity contribution in [2.75, 3.05) is 7.11 Å². The summed E-state index contributed by atoms with van der Waals surface area (Å²) >= 11 is 0. The van der Waals surface area contributed by atoms with E-state index in [4.69, 9.17) is 4.84 Å². The molecule has 2 rings (SSSR count). The van der Waals surface area contributed by atoms with Crippen LogP contribution in [-0.4, -0.2) is 16.9 Å². The maximum absolute atomic E-state index is 5.27. The molecule has 0 unspecified atom stereocenters. The Labute approximate surface area is 88.7 Å². The van der Waals surface area contributed by atoms with Gasteiger partial charge in [0.2, 0.25) is 0 Å². The molecule has 0 saturated carbocycles. The smallest absolute Gasteiger partial charge is 0.339 e. The lowest BCUT2D eigenvalue weighted by molar-refractivity contribution is -0.880. The van der Waals surface area contributed by atoms with Gasteiger partial charge in [0.15, 0.2) is 0 Å². The van der Waals surface area contributed by atoms with Crippen LogP contribution in [-0.2, 0) is 6.42 Å². The third-order valence-electron chi connectivity index (χ3n) is 2.30. The third-order valence-corrected chi connectivity index (χ3v) is 2.30. The van der Waals surface area contributed by atoms with Crippen LogP contribution >= 0.6 is 0 Å². The van der Waals surface area contributed by atoms with Gasteiger partial charge in [-0.05, 0) is 22.8 Å². The fourth-order valence-corrected chi connectivity index (χ4v) is 1.45. The number of hydrogen-bond donors (Lipinski definition) is 0. The van der Waals surface area contributed by atoms with Crippen LogP contribution in [0.15, 0.2) is 36.8 Å². The van der Waals surface area contributed by atoms with Gasteiger partial charge in [0.05, 0.1) is 6.20 Å². The van der Waals surface area contributed by atoms with Crippen molar-refractivity contribution in [3.63, 3.8) is 0 Å². The molecule has 0 atom stereocenters. The summed E-state index contributed by atoms with van der Waals surface area (Å²) in [6.07, 6.45) is 6.59. The molecule has 0 radical (unpaired) electrons. The lowest BCUT2D eigenvalue weighted by Crippen LogP contribution is -2.44. The number of pyridine rings is 1. The van der Waals surface area contributed by atoms with E-state index in [1.54, 1.807) is 22.7 Å². The molecule has 0 aromatic carbocycles. The van der Waals surface area contributed by atoms with Gasteiger partial charge in [0.1, 0.15) is 19.5 Å². The number of aromatic nitrogens is 3. The Bertz CT molecular complexity index is 437. The maximum Gasteiger partial charge on any atom is 0.345 e. The topological polar surface area (TPSA) is 30.9 Å². The Balaban J connectivity index is 2.48. The van der Waals surface area contributed by atoms with Crippen molar-refractivity contribution in [3.05, 3.63) is 42.4 Å². The Morgan fingerprint density at radius 3 is 2.93 bits per heavy atom. The quantitative estimate of drug-likeness (QED) is 0.692. The van der Waals surface area contributed by atoms with Crippen LogP contribution in [0.2, 0.25) is 0 Å². The van der Waals surface area contributed by atoms with Gasteiger partial charge in [0.25, 0.3) is 0 Å². The fourth-order valence-electron chi connectivity index (χ4n) is 1.45. The second kappa shape index (κ2) is 4.13. The van der Waals surface area contributed by atoms with Gasteiger partial charge in [0, 0.05) is 12.1 Å². The van der Waals surface area contributed by atoms with E-state index in [2.05, 4.69) is 18.1 Å². The molecule has 0 bridgehead atoms. The van der Waals surface area contributed by atoms with Crippen LogP contribution in [0.3, 0.4) is 0 Å². The predicted octanol–water partition coefficient (Wildman–Crippen LogP) is 0.781. The van der Waals surface area contributed by atoms with Crippen LogP contribution in [0.5, 0.6) is 0 Å². The minimum absolute atomic E-state index is 0.889. The van der Waals surface area contributed by atoms with E-state index < -0.39 is 0 Å². The van der Waals surface area contributed by atoms with Crippen molar-refractivity contribution < 1.29 is 9.57 Å². The second-order valence-electron chi connectivity index (χ2n) is 3.21. The zero-order valence-corrected chi connectivity index (χ0v) is 8.92. The number of nitrogens with zero attached hydrogens (tertiary/aromatic N) is 3. The normalized spacial score (nSPS) is 10.3. The summed E-state index contributed by atoms with van der Waals surface area (Å²) in [6.45, 7) is 2.11. The number of hydrogen-bond acceptors (Lipinski definition) is 2. The van der Waals surface area contributed by atoms with E-state index in [0.29, 0.717) is 0 Å². The Morgan fingerprint density at radius 1 is 1.47 bits per heavy atom. The van der Waals surface area contributed by atoms with Crippen molar-refractivity contribution in [3.8, 4) is 5.82 Å². The number of aryl methyl sites for hydroxylation is 1. The highest BCUT2D eigenvalue weighted by Crippen LogP contribution is 2.02. The summed E-state index contributed by atoms with van der Waals surface area (Å²) in [5, 5.41) is 4.17. The molecule has 0 aliphatic heterocycles. The highest BCUT2D eigenvalue weighted by Gasteiger charge is 2.13. The molecule has 0 amide bonds. The van der Waals surface area contributed by atoms with Crippen LogP contribution in [0.4, 0.5) is 0 Å². The molecule has 0 fully saturated rings. The Kier molecular flexibility index (Phi) is 2.67.